The van der Waals surface area contributed by atoms with Gasteiger partial charge in [-0.3, -0.25) is 14.9 Å². The van der Waals surface area contributed by atoms with Crippen LogP contribution in [0.3, 0.4) is 0 Å². The predicted octanol–water partition coefficient (Wildman–Crippen LogP) is 6.38. The molecule has 3 aromatic carbocycles. The molecule has 0 radical (unpaired) electrons. The zero-order valence-corrected chi connectivity index (χ0v) is 22.1. The highest BCUT2D eigenvalue weighted by Crippen LogP contribution is 2.27. The number of nitrogens with zero attached hydrogens (tertiary/aromatic N) is 5. The third kappa shape index (κ3) is 4.58. The molecule has 0 spiro atoms. The Kier molecular flexibility index (Phi) is 6.47. The highest BCUT2D eigenvalue weighted by atomic mass is 79.9. The van der Waals surface area contributed by atoms with Crippen LogP contribution in [0.25, 0.3) is 21.8 Å². The lowest BCUT2D eigenvalue weighted by Gasteiger charge is -2.12. The van der Waals surface area contributed by atoms with Gasteiger partial charge >= 0.3 is 0 Å². The van der Waals surface area contributed by atoms with Crippen LogP contribution >= 0.6 is 15.9 Å². The van der Waals surface area contributed by atoms with E-state index in [0.29, 0.717) is 23.3 Å². The van der Waals surface area contributed by atoms with Gasteiger partial charge in [-0.1, -0.05) is 60.1 Å². The smallest absolute Gasteiger partial charge is 0.282 e. The standard InChI is InChI=1S/C28H24BrN5O3/c1-17(2)27-31-25-12-11-20(29)14-23(25)28(35)33(27)30-15-24-18(3)32(26-10-5-4-9-22(24)26)16-19-7-6-8-21(13-19)34(36)37/h4-15,17H,16H2,1-3H3. The largest absolute Gasteiger partial charge is 0.340 e. The molecule has 37 heavy (non-hydrogen) atoms. The van der Waals surface area contributed by atoms with Gasteiger partial charge in [0.05, 0.1) is 22.0 Å². The van der Waals surface area contributed by atoms with Crippen molar-refractivity contribution in [3.63, 3.8) is 0 Å². The van der Waals surface area contributed by atoms with Gasteiger partial charge in [-0.05, 0) is 36.8 Å². The van der Waals surface area contributed by atoms with Crippen LogP contribution in [0, 0.1) is 17.0 Å². The molecule has 0 saturated carbocycles. The van der Waals surface area contributed by atoms with Crippen molar-refractivity contribution in [3.05, 3.63) is 114 Å². The van der Waals surface area contributed by atoms with E-state index in [-0.39, 0.29) is 22.1 Å². The third-order valence-electron chi connectivity index (χ3n) is 6.39. The number of fused-ring (bicyclic) bond motifs is 2. The minimum Gasteiger partial charge on any atom is -0.340 e. The average Bonchev–Trinajstić information content (AvgIpc) is 3.14. The summed E-state index contributed by atoms with van der Waals surface area (Å²) in [4.78, 5) is 29.0. The summed E-state index contributed by atoms with van der Waals surface area (Å²) in [6, 6.07) is 20.0. The Bertz CT molecular complexity index is 1770. The van der Waals surface area contributed by atoms with E-state index in [1.165, 1.54) is 10.7 Å². The van der Waals surface area contributed by atoms with Crippen LogP contribution in [0.4, 0.5) is 5.69 Å². The normalized spacial score (nSPS) is 11.8. The molecule has 0 unspecified atom stereocenters. The van der Waals surface area contributed by atoms with Gasteiger partial charge in [0.25, 0.3) is 11.2 Å². The van der Waals surface area contributed by atoms with Crippen molar-refractivity contribution in [2.45, 2.75) is 33.2 Å². The summed E-state index contributed by atoms with van der Waals surface area (Å²) in [6.07, 6.45) is 1.71. The first kappa shape index (κ1) is 24.6. The molecular formula is C28H24BrN5O3. The number of hydrogen-bond donors (Lipinski definition) is 0. The van der Waals surface area contributed by atoms with Crippen molar-refractivity contribution < 1.29 is 4.92 Å². The summed E-state index contributed by atoms with van der Waals surface area (Å²) in [5.74, 6) is 0.559. The molecule has 9 heteroatoms. The van der Waals surface area contributed by atoms with Gasteiger partial charge in [-0.2, -0.15) is 9.78 Å². The summed E-state index contributed by atoms with van der Waals surface area (Å²) in [5, 5.41) is 17.4. The van der Waals surface area contributed by atoms with E-state index in [9.17, 15) is 14.9 Å². The maximum absolute atomic E-state index is 13.4. The summed E-state index contributed by atoms with van der Waals surface area (Å²) in [6.45, 7) is 6.41. The number of aromatic nitrogens is 3. The van der Waals surface area contributed by atoms with Gasteiger partial charge in [0.2, 0.25) is 0 Å². The van der Waals surface area contributed by atoms with Crippen LogP contribution in [-0.2, 0) is 6.54 Å². The molecule has 0 atom stereocenters. The fraction of sp³-hybridized carbons (Fsp3) is 0.179. The third-order valence-corrected chi connectivity index (χ3v) is 6.89. The van der Waals surface area contributed by atoms with Gasteiger partial charge in [0.15, 0.2) is 0 Å². The van der Waals surface area contributed by atoms with Crippen molar-refractivity contribution in [2.75, 3.05) is 0 Å². The van der Waals surface area contributed by atoms with Crippen molar-refractivity contribution >= 4 is 49.6 Å². The topological polar surface area (TPSA) is 95.3 Å². The minimum absolute atomic E-state index is 0.0193. The molecule has 2 heterocycles. The van der Waals surface area contributed by atoms with E-state index in [1.807, 2.05) is 63.2 Å². The Balaban J connectivity index is 1.64. The molecule has 5 aromatic rings. The highest BCUT2D eigenvalue weighted by molar-refractivity contribution is 9.10. The van der Waals surface area contributed by atoms with E-state index >= 15 is 0 Å². The van der Waals surface area contributed by atoms with Crippen molar-refractivity contribution in [1.29, 1.82) is 0 Å². The number of benzene rings is 3. The SMILES string of the molecule is Cc1c(C=Nn2c(C(C)C)nc3ccc(Br)cc3c2=O)c2ccccc2n1Cc1cccc([N+](=O)[O-])c1. The molecular weight excluding hydrogens is 534 g/mol. The molecule has 2 aromatic heterocycles. The zero-order valence-electron chi connectivity index (χ0n) is 20.6. The zero-order chi connectivity index (χ0) is 26.3. The van der Waals surface area contributed by atoms with Crippen LogP contribution in [0.1, 0.15) is 42.4 Å². The average molecular weight is 558 g/mol. The van der Waals surface area contributed by atoms with Gasteiger partial charge in [-0.15, -0.1) is 0 Å². The molecule has 0 aliphatic carbocycles. The van der Waals surface area contributed by atoms with Crippen LogP contribution in [0.2, 0.25) is 0 Å². The summed E-state index contributed by atoms with van der Waals surface area (Å²) in [7, 11) is 0. The predicted molar refractivity (Wildman–Crippen MR) is 150 cm³/mol. The van der Waals surface area contributed by atoms with Crippen LogP contribution in [-0.4, -0.2) is 25.4 Å². The Morgan fingerprint density at radius 3 is 2.62 bits per heavy atom. The second kappa shape index (κ2) is 9.74. The van der Waals surface area contributed by atoms with Crippen molar-refractivity contribution in [1.82, 2.24) is 14.2 Å². The summed E-state index contributed by atoms with van der Waals surface area (Å²) < 4.78 is 4.29. The molecule has 5 rings (SSSR count). The first-order chi connectivity index (χ1) is 17.7. The lowest BCUT2D eigenvalue weighted by Crippen LogP contribution is -2.23. The molecule has 186 valence electrons. The Morgan fingerprint density at radius 1 is 1.08 bits per heavy atom. The number of halogens is 1. The molecule has 0 bridgehead atoms. The molecule has 0 N–H and O–H groups in total. The maximum atomic E-state index is 13.4. The molecule has 0 aliphatic heterocycles. The van der Waals surface area contributed by atoms with Crippen LogP contribution < -0.4 is 5.56 Å². The molecule has 0 fully saturated rings. The van der Waals surface area contributed by atoms with Gasteiger partial charge < -0.3 is 4.57 Å². The first-order valence-corrected chi connectivity index (χ1v) is 12.6. The van der Waals surface area contributed by atoms with E-state index < -0.39 is 0 Å². The highest BCUT2D eigenvalue weighted by Gasteiger charge is 2.17. The maximum Gasteiger partial charge on any atom is 0.282 e. The number of non-ortho nitro benzene ring substituents is 1. The van der Waals surface area contributed by atoms with Crippen molar-refractivity contribution in [2.24, 2.45) is 5.10 Å². The first-order valence-electron chi connectivity index (χ1n) is 11.8. The van der Waals surface area contributed by atoms with Gasteiger partial charge in [-0.25, -0.2) is 4.98 Å². The monoisotopic (exact) mass is 557 g/mol. The van der Waals surface area contributed by atoms with Crippen LogP contribution in [0.5, 0.6) is 0 Å². The Hall–Kier alpha value is -4.11. The lowest BCUT2D eigenvalue weighted by molar-refractivity contribution is -0.384. The van der Waals surface area contributed by atoms with E-state index in [4.69, 9.17) is 4.98 Å². The molecule has 0 aliphatic rings. The summed E-state index contributed by atoms with van der Waals surface area (Å²) in [5.41, 5.74) is 4.07. The van der Waals surface area contributed by atoms with Gasteiger partial charge in [0, 0.05) is 51.2 Å². The van der Waals surface area contributed by atoms with Crippen LogP contribution in [0.15, 0.2) is 81.1 Å². The quantitative estimate of drug-likeness (QED) is 0.137. The second-order valence-corrected chi connectivity index (χ2v) is 10.1. The Labute approximate surface area is 221 Å². The fourth-order valence-corrected chi connectivity index (χ4v) is 4.90. The molecule has 8 nitrogen and oxygen atoms in total. The lowest BCUT2D eigenvalue weighted by atomic mass is 10.1. The second-order valence-electron chi connectivity index (χ2n) is 9.18. The number of nitro groups is 1. The fourth-order valence-electron chi connectivity index (χ4n) is 4.54. The van der Waals surface area contributed by atoms with E-state index in [2.05, 4.69) is 25.6 Å². The van der Waals surface area contributed by atoms with Crippen molar-refractivity contribution in [3.8, 4) is 0 Å². The molecule has 0 amide bonds. The number of para-hydroxylation sites is 1. The minimum atomic E-state index is -0.387. The van der Waals surface area contributed by atoms with Gasteiger partial charge in [0.1, 0.15) is 5.82 Å². The van der Waals surface area contributed by atoms with E-state index in [0.717, 1.165) is 32.2 Å². The number of nitro benzene ring substituents is 1. The number of rotatable bonds is 6. The summed E-state index contributed by atoms with van der Waals surface area (Å²) >= 11 is 3.44. The van der Waals surface area contributed by atoms with E-state index in [1.54, 1.807) is 24.4 Å². The Morgan fingerprint density at radius 2 is 1.86 bits per heavy atom. The number of hydrogen-bond acceptors (Lipinski definition) is 5. The molecule has 0 saturated heterocycles.